The molecule has 30 heavy (non-hydrogen) atoms. The SMILES string of the molecule is CC1=C(C(=O)Nc2ccc(Br)cn2)C(c2sccc2C)C2=C(CC(C)(C)CC2=O)N1. The number of aromatic nitrogens is 1. The van der Waals surface area contributed by atoms with Gasteiger partial charge in [0.05, 0.1) is 5.92 Å². The predicted octanol–water partition coefficient (Wildman–Crippen LogP) is 5.46. The van der Waals surface area contributed by atoms with Crippen LogP contribution in [0.25, 0.3) is 0 Å². The van der Waals surface area contributed by atoms with Crippen molar-refractivity contribution >= 4 is 44.8 Å². The Bertz CT molecular complexity index is 1100. The number of carbonyl (C=O) groups excluding carboxylic acids is 2. The zero-order chi connectivity index (χ0) is 21.6. The number of nitrogens with one attached hydrogen (secondary N) is 2. The van der Waals surface area contributed by atoms with E-state index in [-0.39, 0.29) is 23.0 Å². The van der Waals surface area contributed by atoms with Gasteiger partial charge >= 0.3 is 0 Å². The van der Waals surface area contributed by atoms with Crippen LogP contribution in [0.1, 0.15) is 50.0 Å². The van der Waals surface area contributed by atoms with Crippen molar-refractivity contribution in [3.8, 4) is 0 Å². The first kappa shape index (κ1) is 21.0. The summed E-state index contributed by atoms with van der Waals surface area (Å²) < 4.78 is 0.840. The van der Waals surface area contributed by atoms with E-state index in [4.69, 9.17) is 0 Å². The summed E-state index contributed by atoms with van der Waals surface area (Å²) in [6, 6.07) is 5.62. The number of ketones is 1. The fraction of sp³-hybridized carbons (Fsp3) is 0.348. The predicted molar refractivity (Wildman–Crippen MR) is 123 cm³/mol. The smallest absolute Gasteiger partial charge is 0.255 e. The molecular weight excluding hydrogens is 462 g/mol. The minimum absolute atomic E-state index is 0.0979. The van der Waals surface area contributed by atoms with E-state index >= 15 is 0 Å². The maximum absolute atomic E-state index is 13.4. The van der Waals surface area contributed by atoms with Crippen molar-refractivity contribution < 1.29 is 9.59 Å². The van der Waals surface area contributed by atoms with Gasteiger partial charge in [-0.1, -0.05) is 13.8 Å². The summed E-state index contributed by atoms with van der Waals surface area (Å²) in [5.41, 5.74) is 4.04. The molecule has 3 heterocycles. The molecule has 0 radical (unpaired) electrons. The molecule has 2 aliphatic rings. The molecule has 0 aromatic carbocycles. The third kappa shape index (κ3) is 3.88. The third-order valence-corrected chi connectivity index (χ3v) is 7.17. The number of hydrogen-bond acceptors (Lipinski definition) is 5. The van der Waals surface area contributed by atoms with Crippen LogP contribution in [0.4, 0.5) is 5.82 Å². The van der Waals surface area contributed by atoms with Gasteiger partial charge in [0.1, 0.15) is 5.82 Å². The number of pyridine rings is 1. The van der Waals surface area contributed by atoms with Crippen LogP contribution in [0.2, 0.25) is 0 Å². The molecule has 2 aromatic heterocycles. The fourth-order valence-corrected chi connectivity index (χ4v) is 5.59. The van der Waals surface area contributed by atoms with Crippen molar-refractivity contribution in [1.82, 2.24) is 10.3 Å². The first-order valence-corrected chi connectivity index (χ1v) is 11.5. The lowest BCUT2D eigenvalue weighted by molar-refractivity contribution is -0.118. The van der Waals surface area contributed by atoms with Crippen molar-refractivity contribution in [1.29, 1.82) is 0 Å². The van der Waals surface area contributed by atoms with Crippen molar-refractivity contribution in [2.75, 3.05) is 5.32 Å². The minimum atomic E-state index is -0.361. The number of hydrogen-bond donors (Lipinski definition) is 2. The normalized spacial score (nSPS) is 20.7. The van der Waals surface area contributed by atoms with E-state index in [0.29, 0.717) is 17.8 Å². The molecule has 0 fully saturated rings. The van der Waals surface area contributed by atoms with Crippen LogP contribution in [0, 0.1) is 12.3 Å². The van der Waals surface area contributed by atoms with Gasteiger partial charge in [0.25, 0.3) is 5.91 Å². The monoisotopic (exact) mass is 485 g/mol. The number of Topliss-reactive ketones (excluding diaryl/α,β-unsaturated/α-hetero) is 1. The number of halogens is 1. The summed E-state index contributed by atoms with van der Waals surface area (Å²) >= 11 is 4.95. The molecule has 1 aliphatic carbocycles. The first-order valence-electron chi connectivity index (χ1n) is 9.87. The molecule has 0 saturated carbocycles. The van der Waals surface area contributed by atoms with Gasteiger partial charge in [-0.25, -0.2) is 4.98 Å². The van der Waals surface area contributed by atoms with Gasteiger partial charge in [0.2, 0.25) is 0 Å². The van der Waals surface area contributed by atoms with Gasteiger partial charge in [0, 0.05) is 44.5 Å². The second kappa shape index (κ2) is 7.78. The summed E-state index contributed by atoms with van der Waals surface area (Å²) in [4.78, 5) is 32.0. The second-order valence-corrected chi connectivity index (χ2v) is 10.6. The van der Waals surface area contributed by atoms with Crippen LogP contribution in [-0.2, 0) is 9.59 Å². The Morgan fingerprint density at radius 3 is 2.67 bits per heavy atom. The van der Waals surface area contributed by atoms with E-state index in [1.165, 1.54) is 0 Å². The third-order valence-electron chi connectivity index (χ3n) is 5.62. The Balaban J connectivity index is 1.79. The van der Waals surface area contributed by atoms with E-state index < -0.39 is 0 Å². The van der Waals surface area contributed by atoms with Crippen molar-refractivity contribution in [3.63, 3.8) is 0 Å². The molecule has 1 amide bonds. The Morgan fingerprint density at radius 1 is 1.27 bits per heavy atom. The molecule has 7 heteroatoms. The van der Waals surface area contributed by atoms with Crippen molar-refractivity contribution in [2.24, 2.45) is 5.41 Å². The van der Waals surface area contributed by atoms with E-state index in [1.807, 2.05) is 31.4 Å². The molecular formula is C23H24BrN3O2S. The van der Waals surface area contributed by atoms with Gasteiger partial charge in [0.15, 0.2) is 5.78 Å². The number of aryl methyl sites for hydroxylation is 1. The molecule has 0 bridgehead atoms. The van der Waals surface area contributed by atoms with E-state index in [0.717, 1.165) is 38.3 Å². The Morgan fingerprint density at radius 2 is 2.03 bits per heavy atom. The number of dihydropyridines is 1. The highest BCUT2D eigenvalue weighted by Crippen LogP contribution is 2.48. The average molecular weight is 486 g/mol. The van der Waals surface area contributed by atoms with Gasteiger partial charge in [-0.15, -0.1) is 11.3 Å². The Hall–Kier alpha value is -2.25. The Kier molecular flexibility index (Phi) is 5.45. The lowest BCUT2D eigenvalue weighted by Gasteiger charge is -2.39. The van der Waals surface area contributed by atoms with Crippen molar-refractivity contribution in [3.05, 3.63) is 67.2 Å². The second-order valence-electron chi connectivity index (χ2n) is 8.71. The fourth-order valence-electron chi connectivity index (χ4n) is 4.31. The highest BCUT2D eigenvalue weighted by atomic mass is 79.9. The summed E-state index contributed by atoms with van der Waals surface area (Å²) in [7, 11) is 0. The quantitative estimate of drug-likeness (QED) is 0.605. The summed E-state index contributed by atoms with van der Waals surface area (Å²) in [5.74, 6) is -0.00995. The van der Waals surface area contributed by atoms with E-state index in [2.05, 4.69) is 45.4 Å². The summed E-state index contributed by atoms with van der Waals surface area (Å²) in [6.45, 7) is 8.17. The van der Waals surface area contributed by atoms with Crippen LogP contribution in [0.3, 0.4) is 0 Å². The molecule has 1 aliphatic heterocycles. The molecule has 2 aromatic rings. The standard InChI is InChI=1S/C23H24BrN3O2S/c1-12-7-8-30-21(12)20-18(22(29)27-17-6-5-14(24)11-25-17)13(2)26-15-9-23(3,4)10-16(28)19(15)20/h5-8,11,20,26H,9-10H2,1-4H3,(H,25,27,29). The van der Waals surface area contributed by atoms with E-state index in [1.54, 1.807) is 23.6 Å². The number of thiophene rings is 1. The number of rotatable bonds is 3. The molecule has 5 nitrogen and oxygen atoms in total. The largest absolute Gasteiger partial charge is 0.362 e. The minimum Gasteiger partial charge on any atom is -0.362 e. The summed E-state index contributed by atoms with van der Waals surface area (Å²) in [5, 5.41) is 8.32. The van der Waals surface area contributed by atoms with Gasteiger partial charge < -0.3 is 10.6 Å². The van der Waals surface area contributed by atoms with E-state index in [9.17, 15) is 9.59 Å². The topological polar surface area (TPSA) is 71.1 Å². The van der Waals surface area contributed by atoms with Crippen LogP contribution in [0.15, 0.2) is 56.8 Å². The molecule has 0 saturated heterocycles. The lowest BCUT2D eigenvalue weighted by atomic mass is 9.69. The molecule has 156 valence electrons. The molecule has 2 N–H and O–H groups in total. The zero-order valence-corrected chi connectivity index (χ0v) is 19.8. The Labute approximate surface area is 188 Å². The molecule has 0 spiro atoms. The highest BCUT2D eigenvalue weighted by molar-refractivity contribution is 9.10. The zero-order valence-electron chi connectivity index (χ0n) is 17.4. The molecule has 4 rings (SSSR count). The van der Waals surface area contributed by atoms with Crippen LogP contribution in [-0.4, -0.2) is 16.7 Å². The first-order chi connectivity index (χ1) is 14.2. The molecule has 1 atom stereocenters. The van der Waals surface area contributed by atoms with Gasteiger partial charge in [-0.2, -0.15) is 0 Å². The number of anilines is 1. The maximum atomic E-state index is 13.4. The average Bonchev–Trinajstić information content (AvgIpc) is 3.07. The van der Waals surface area contributed by atoms with Crippen LogP contribution in [0.5, 0.6) is 0 Å². The molecule has 1 unspecified atom stereocenters. The van der Waals surface area contributed by atoms with Crippen molar-refractivity contribution in [2.45, 2.75) is 46.5 Å². The van der Waals surface area contributed by atoms with Crippen LogP contribution < -0.4 is 10.6 Å². The number of amides is 1. The number of carbonyl (C=O) groups is 2. The lowest BCUT2D eigenvalue weighted by Crippen LogP contribution is -2.39. The van der Waals surface area contributed by atoms with Gasteiger partial charge in [-0.05, 0) is 70.8 Å². The highest BCUT2D eigenvalue weighted by Gasteiger charge is 2.43. The van der Waals surface area contributed by atoms with Crippen LogP contribution >= 0.6 is 27.3 Å². The maximum Gasteiger partial charge on any atom is 0.255 e. The summed E-state index contributed by atoms with van der Waals surface area (Å²) in [6.07, 6.45) is 2.91. The van der Waals surface area contributed by atoms with Gasteiger partial charge in [-0.3, -0.25) is 9.59 Å². The number of allylic oxidation sites excluding steroid dienone is 3. The number of nitrogens with zero attached hydrogens (tertiary/aromatic N) is 1.